The van der Waals surface area contributed by atoms with Gasteiger partial charge in [-0.15, -0.1) is 0 Å². The number of anilines is 1. The van der Waals surface area contributed by atoms with Gasteiger partial charge in [0.25, 0.3) is 0 Å². The number of nitrogens with one attached hydrogen (secondary N) is 1. The summed E-state index contributed by atoms with van der Waals surface area (Å²) in [4.78, 5) is 12.4. The predicted molar refractivity (Wildman–Crippen MR) is 107 cm³/mol. The number of carbonyl (C=O) groups is 1. The molecule has 1 aliphatic rings. The first-order valence-corrected chi connectivity index (χ1v) is 9.44. The Labute approximate surface area is 164 Å². The Morgan fingerprint density at radius 3 is 2.50 bits per heavy atom. The molecule has 6 heteroatoms. The van der Waals surface area contributed by atoms with Gasteiger partial charge in [0.15, 0.2) is 0 Å². The van der Waals surface area contributed by atoms with E-state index in [4.69, 9.17) is 9.47 Å². The molecule has 1 N–H and O–H groups in total. The number of hydrogen-bond acceptors (Lipinski definition) is 4. The molecule has 144 valence electrons. The summed E-state index contributed by atoms with van der Waals surface area (Å²) in [6.45, 7) is 2.78. The third kappa shape index (κ3) is 3.45. The molecule has 0 aliphatic carbocycles. The standard InChI is InChI=1S/C22H23N3O3/c1-3-12-28-18-8-4-15(5-9-18)19-13-21(26)24-22-20(19)14-23-25(22)16-6-10-17(27-2)11-7-16/h4-11,14,19H,3,12-13H2,1-2H3,(H,24,26). The fourth-order valence-corrected chi connectivity index (χ4v) is 3.45. The summed E-state index contributed by atoms with van der Waals surface area (Å²) in [5.74, 6) is 2.30. The van der Waals surface area contributed by atoms with Crippen molar-refractivity contribution in [2.75, 3.05) is 19.0 Å². The maximum atomic E-state index is 12.4. The molecule has 1 aromatic heterocycles. The van der Waals surface area contributed by atoms with Gasteiger partial charge in [0, 0.05) is 17.9 Å². The lowest BCUT2D eigenvalue weighted by Crippen LogP contribution is -2.24. The van der Waals surface area contributed by atoms with Crippen molar-refractivity contribution in [1.29, 1.82) is 0 Å². The second-order valence-electron chi connectivity index (χ2n) is 6.78. The highest BCUT2D eigenvalue weighted by atomic mass is 16.5. The van der Waals surface area contributed by atoms with Crippen molar-refractivity contribution in [1.82, 2.24) is 9.78 Å². The van der Waals surface area contributed by atoms with Gasteiger partial charge >= 0.3 is 0 Å². The van der Waals surface area contributed by atoms with Gasteiger partial charge in [-0.2, -0.15) is 5.10 Å². The van der Waals surface area contributed by atoms with Gasteiger partial charge in [0.2, 0.25) is 5.91 Å². The zero-order valence-corrected chi connectivity index (χ0v) is 16.0. The summed E-state index contributed by atoms with van der Waals surface area (Å²) < 4.78 is 12.6. The number of aromatic nitrogens is 2. The van der Waals surface area contributed by atoms with Crippen molar-refractivity contribution in [3.63, 3.8) is 0 Å². The van der Waals surface area contributed by atoms with E-state index >= 15 is 0 Å². The van der Waals surface area contributed by atoms with Gasteiger partial charge in [-0.1, -0.05) is 19.1 Å². The van der Waals surface area contributed by atoms with E-state index in [9.17, 15) is 4.79 Å². The van der Waals surface area contributed by atoms with Crippen LogP contribution >= 0.6 is 0 Å². The van der Waals surface area contributed by atoms with Crippen LogP contribution in [0.5, 0.6) is 11.5 Å². The molecule has 0 saturated heterocycles. The average molecular weight is 377 g/mol. The van der Waals surface area contributed by atoms with Crippen LogP contribution in [0.25, 0.3) is 5.69 Å². The van der Waals surface area contributed by atoms with Gasteiger partial charge in [-0.05, 0) is 48.4 Å². The van der Waals surface area contributed by atoms with E-state index in [1.807, 2.05) is 54.7 Å². The molecule has 1 atom stereocenters. The first kappa shape index (κ1) is 18.1. The molecule has 0 bridgehead atoms. The van der Waals surface area contributed by atoms with Crippen LogP contribution in [0.4, 0.5) is 5.82 Å². The van der Waals surface area contributed by atoms with Crippen molar-refractivity contribution in [3.8, 4) is 17.2 Å². The van der Waals surface area contributed by atoms with Crippen molar-refractivity contribution in [2.24, 2.45) is 0 Å². The van der Waals surface area contributed by atoms with Crippen LogP contribution in [0.15, 0.2) is 54.7 Å². The third-order valence-electron chi connectivity index (χ3n) is 4.89. The number of carbonyl (C=O) groups excluding carboxylic acids is 1. The third-order valence-corrected chi connectivity index (χ3v) is 4.89. The molecule has 0 spiro atoms. The quantitative estimate of drug-likeness (QED) is 0.701. The van der Waals surface area contributed by atoms with Crippen LogP contribution in [-0.4, -0.2) is 29.4 Å². The van der Waals surface area contributed by atoms with Gasteiger partial charge in [0.05, 0.1) is 25.6 Å². The SMILES string of the molecule is CCCOc1ccc(C2CC(=O)Nc3c2cnn3-c2ccc(OC)cc2)cc1. The van der Waals surface area contributed by atoms with E-state index in [-0.39, 0.29) is 11.8 Å². The fraction of sp³-hybridized carbons (Fsp3) is 0.273. The lowest BCUT2D eigenvalue weighted by molar-refractivity contribution is -0.116. The van der Waals surface area contributed by atoms with E-state index in [0.717, 1.165) is 40.6 Å². The Bertz CT molecular complexity index is 962. The summed E-state index contributed by atoms with van der Waals surface area (Å²) >= 11 is 0. The first-order chi connectivity index (χ1) is 13.7. The Hall–Kier alpha value is -3.28. The summed E-state index contributed by atoms with van der Waals surface area (Å²) in [7, 11) is 1.63. The number of fused-ring (bicyclic) bond motifs is 1. The topological polar surface area (TPSA) is 65.4 Å². The maximum absolute atomic E-state index is 12.4. The van der Waals surface area contributed by atoms with Gasteiger partial charge in [-0.25, -0.2) is 4.68 Å². The minimum absolute atomic E-state index is 0.0147. The number of methoxy groups -OCH3 is 1. The van der Waals surface area contributed by atoms with Crippen LogP contribution in [0.1, 0.15) is 36.8 Å². The molecular weight excluding hydrogens is 354 g/mol. The van der Waals surface area contributed by atoms with Crippen LogP contribution in [0, 0.1) is 0 Å². The zero-order valence-electron chi connectivity index (χ0n) is 16.0. The smallest absolute Gasteiger partial charge is 0.226 e. The van der Waals surface area contributed by atoms with Crippen LogP contribution in [0.2, 0.25) is 0 Å². The summed E-state index contributed by atoms with van der Waals surface area (Å²) in [5, 5.41) is 7.51. The highest BCUT2D eigenvalue weighted by molar-refractivity contribution is 5.94. The zero-order chi connectivity index (χ0) is 19.5. The molecular formula is C22H23N3O3. The van der Waals surface area contributed by atoms with E-state index in [1.165, 1.54) is 0 Å². The molecule has 1 aliphatic heterocycles. The molecule has 2 heterocycles. The van der Waals surface area contributed by atoms with Crippen molar-refractivity contribution in [2.45, 2.75) is 25.7 Å². The Balaban J connectivity index is 1.66. The number of ether oxygens (including phenoxy) is 2. The number of benzene rings is 2. The van der Waals surface area contributed by atoms with E-state index < -0.39 is 0 Å². The molecule has 0 radical (unpaired) electrons. The molecule has 0 saturated carbocycles. The molecule has 3 aromatic rings. The minimum Gasteiger partial charge on any atom is -0.497 e. The second kappa shape index (κ2) is 7.76. The van der Waals surface area contributed by atoms with Crippen LogP contribution < -0.4 is 14.8 Å². The van der Waals surface area contributed by atoms with Gasteiger partial charge in [0.1, 0.15) is 17.3 Å². The van der Waals surface area contributed by atoms with Crippen LogP contribution in [-0.2, 0) is 4.79 Å². The highest BCUT2D eigenvalue weighted by Crippen LogP contribution is 2.38. The molecule has 2 aromatic carbocycles. The molecule has 4 rings (SSSR count). The van der Waals surface area contributed by atoms with Crippen molar-refractivity contribution >= 4 is 11.7 Å². The largest absolute Gasteiger partial charge is 0.497 e. The van der Waals surface area contributed by atoms with Crippen molar-refractivity contribution < 1.29 is 14.3 Å². The number of hydrogen-bond donors (Lipinski definition) is 1. The van der Waals surface area contributed by atoms with E-state index in [1.54, 1.807) is 11.8 Å². The molecule has 0 fully saturated rings. The van der Waals surface area contributed by atoms with E-state index in [2.05, 4.69) is 17.3 Å². The Morgan fingerprint density at radius 1 is 1.11 bits per heavy atom. The predicted octanol–water partition coefficient (Wildman–Crippen LogP) is 4.14. The normalized spacial score (nSPS) is 15.6. The maximum Gasteiger partial charge on any atom is 0.226 e. The number of nitrogens with zero attached hydrogens (tertiary/aromatic N) is 2. The van der Waals surface area contributed by atoms with Gasteiger partial charge < -0.3 is 14.8 Å². The average Bonchev–Trinajstić information content (AvgIpc) is 3.16. The van der Waals surface area contributed by atoms with E-state index in [0.29, 0.717) is 13.0 Å². The summed E-state index contributed by atoms with van der Waals surface area (Å²) in [6, 6.07) is 15.6. The fourth-order valence-electron chi connectivity index (χ4n) is 3.45. The second-order valence-corrected chi connectivity index (χ2v) is 6.78. The summed E-state index contributed by atoms with van der Waals surface area (Å²) in [6.07, 6.45) is 3.21. The lowest BCUT2D eigenvalue weighted by Gasteiger charge is -2.24. The Morgan fingerprint density at radius 2 is 1.82 bits per heavy atom. The highest BCUT2D eigenvalue weighted by Gasteiger charge is 2.30. The lowest BCUT2D eigenvalue weighted by atomic mass is 9.87. The molecule has 1 amide bonds. The molecule has 1 unspecified atom stereocenters. The Kier molecular flexibility index (Phi) is 5.02. The van der Waals surface area contributed by atoms with Crippen LogP contribution in [0.3, 0.4) is 0 Å². The monoisotopic (exact) mass is 377 g/mol. The van der Waals surface area contributed by atoms with Crippen molar-refractivity contribution in [3.05, 3.63) is 65.9 Å². The minimum atomic E-state index is -0.0315. The van der Waals surface area contributed by atoms with Gasteiger partial charge in [-0.3, -0.25) is 4.79 Å². The number of rotatable bonds is 6. The number of amides is 1. The molecule has 28 heavy (non-hydrogen) atoms. The molecule has 6 nitrogen and oxygen atoms in total. The summed E-state index contributed by atoms with van der Waals surface area (Å²) in [5.41, 5.74) is 2.96. The first-order valence-electron chi connectivity index (χ1n) is 9.44.